The van der Waals surface area contributed by atoms with Crippen molar-refractivity contribution in [3.63, 3.8) is 0 Å². The van der Waals surface area contributed by atoms with Gasteiger partial charge < -0.3 is 9.84 Å². The minimum Gasteiger partial charge on any atom is -0.478 e. The van der Waals surface area contributed by atoms with Crippen molar-refractivity contribution in [2.45, 2.75) is 13.2 Å². The number of carboxylic acids is 1. The summed E-state index contributed by atoms with van der Waals surface area (Å²) in [7, 11) is 0. The van der Waals surface area contributed by atoms with E-state index in [1.165, 1.54) is 24.3 Å². The van der Waals surface area contributed by atoms with Crippen LogP contribution in [0, 0.1) is 0 Å². The van der Waals surface area contributed by atoms with Crippen LogP contribution >= 0.6 is 0 Å². The Morgan fingerprint density at radius 2 is 2.21 bits per heavy atom. The van der Waals surface area contributed by atoms with E-state index in [4.69, 9.17) is 5.11 Å². The van der Waals surface area contributed by atoms with Gasteiger partial charge >= 0.3 is 12.6 Å². The van der Waals surface area contributed by atoms with Crippen molar-refractivity contribution in [2.24, 2.45) is 0 Å². The van der Waals surface area contributed by atoms with Crippen LogP contribution in [-0.2, 0) is 11.3 Å². The van der Waals surface area contributed by atoms with Crippen LogP contribution in [0.3, 0.4) is 0 Å². The first-order chi connectivity index (χ1) is 6.59. The number of rotatable bonds is 4. The molecule has 0 heterocycles. The van der Waals surface area contributed by atoms with Crippen molar-refractivity contribution in [2.75, 3.05) is 0 Å². The molecule has 0 radical (unpaired) electrons. The monoisotopic (exact) mass is 202 g/mol. The summed E-state index contributed by atoms with van der Waals surface area (Å²) >= 11 is 0. The smallest absolute Gasteiger partial charge is 0.345 e. The first-order valence-electron chi connectivity index (χ1n) is 3.81. The zero-order valence-corrected chi connectivity index (χ0v) is 7.11. The molecule has 0 aliphatic heterocycles. The SMILES string of the molecule is O=C(O)c1cccc(COC(F)F)c1. The first-order valence-corrected chi connectivity index (χ1v) is 3.81. The number of hydrogen-bond donors (Lipinski definition) is 1. The highest BCUT2D eigenvalue weighted by molar-refractivity contribution is 5.87. The molecule has 0 saturated heterocycles. The summed E-state index contributed by atoms with van der Waals surface area (Å²) in [5, 5.41) is 8.60. The number of carbonyl (C=O) groups is 1. The Kier molecular flexibility index (Phi) is 3.53. The average molecular weight is 202 g/mol. The fraction of sp³-hybridized carbons (Fsp3) is 0.222. The van der Waals surface area contributed by atoms with Gasteiger partial charge in [-0.25, -0.2) is 4.79 Å². The van der Waals surface area contributed by atoms with Gasteiger partial charge in [0.15, 0.2) is 0 Å². The van der Waals surface area contributed by atoms with E-state index in [1.807, 2.05) is 0 Å². The average Bonchev–Trinajstić information content (AvgIpc) is 2.15. The van der Waals surface area contributed by atoms with Crippen molar-refractivity contribution < 1.29 is 23.4 Å². The van der Waals surface area contributed by atoms with Crippen LogP contribution in [0.5, 0.6) is 0 Å². The number of aromatic carboxylic acids is 1. The van der Waals surface area contributed by atoms with E-state index in [-0.39, 0.29) is 12.2 Å². The van der Waals surface area contributed by atoms with Gasteiger partial charge in [-0.3, -0.25) is 0 Å². The largest absolute Gasteiger partial charge is 0.478 e. The van der Waals surface area contributed by atoms with E-state index in [9.17, 15) is 13.6 Å². The topological polar surface area (TPSA) is 46.5 Å². The molecule has 0 aliphatic carbocycles. The molecule has 14 heavy (non-hydrogen) atoms. The van der Waals surface area contributed by atoms with E-state index in [1.54, 1.807) is 0 Å². The van der Waals surface area contributed by atoms with Crippen LogP contribution in [-0.4, -0.2) is 17.7 Å². The molecule has 3 nitrogen and oxygen atoms in total. The second kappa shape index (κ2) is 4.66. The number of alkyl halides is 2. The Morgan fingerprint density at radius 1 is 1.50 bits per heavy atom. The molecule has 0 fully saturated rings. The number of hydrogen-bond acceptors (Lipinski definition) is 2. The van der Waals surface area contributed by atoms with Crippen molar-refractivity contribution in [1.82, 2.24) is 0 Å². The molecule has 0 atom stereocenters. The summed E-state index contributed by atoms with van der Waals surface area (Å²) in [4.78, 5) is 10.5. The molecule has 0 amide bonds. The molecule has 0 saturated carbocycles. The Morgan fingerprint density at radius 3 is 2.79 bits per heavy atom. The molecule has 1 aromatic carbocycles. The van der Waals surface area contributed by atoms with Gasteiger partial charge in [0.05, 0.1) is 12.2 Å². The zero-order chi connectivity index (χ0) is 10.6. The lowest BCUT2D eigenvalue weighted by Crippen LogP contribution is -2.01. The maximum absolute atomic E-state index is 11.6. The van der Waals surface area contributed by atoms with E-state index in [2.05, 4.69) is 4.74 Å². The highest BCUT2D eigenvalue weighted by Gasteiger charge is 2.05. The van der Waals surface area contributed by atoms with Crippen LogP contribution in [0.4, 0.5) is 8.78 Å². The third-order valence-electron chi connectivity index (χ3n) is 1.55. The second-order valence-corrected chi connectivity index (χ2v) is 2.58. The summed E-state index contributed by atoms with van der Waals surface area (Å²) in [6.45, 7) is -3.14. The first kappa shape index (κ1) is 10.6. The van der Waals surface area contributed by atoms with Gasteiger partial charge in [0.25, 0.3) is 0 Å². The third-order valence-corrected chi connectivity index (χ3v) is 1.55. The number of carboxylic acid groups (broad SMARTS) is 1. The molecule has 0 spiro atoms. The lowest BCUT2D eigenvalue weighted by Gasteiger charge is -2.03. The number of halogens is 2. The van der Waals surface area contributed by atoms with E-state index < -0.39 is 12.6 Å². The molecule has 76 valence electrons. The Bertz CT molecular complexity index is 326. The molecule has 0 aliphatic rings. The van der Waals surface area contributed by atoms with Gasteiger partial charge in [0.1, 0.15) is 0 Å². The van der Waals surface area contributed by atoms with Crippen LogP contribution in [0.1, 0.15) is 15.9 Å². The molecular weight excluding hydrogens is 194 g/mol. The fourth-order valence-electron chi connectivity index (χ4n) is 0.953. The predicted molar refractivity (Wildman–Crippen MR) is 44.2 cm³/mol. The van der Waals surface area contributed by atoms with Crippen LogP contribution in [0.25, 0.3) is 0 Å². The molecule has 1 aromatic rings. The van der Waals surface area contributed by atoms with E-state index >= 15 is 0 Å². The van der Waals surface area contributed by atoms with Crippen LogP contribution in [0.15, 0.2) is 24.3 Å². The lowest BCUT2D eigenvalue weighted by atomic mass is 10.1. The summed E-state index contributed by atoms with van der Waals surface area (Å²) in [6, 6.07) is 5.68. The minimum atomic E-state index is -2.84. The Hall–Kier alpha value is -1.49. The van der Waals surface area contributed by atoms with Gasteiger partial charge in [0.2, 0.25) is 0 Å². The quantitative estimate of drug-likeness (QED) is 0.813. The van der Waals surface area contributed by atoms with Gasteiger partial charge in [-0.05, 0) is 17.7 Å². The Labute approximate surface area is 78.9 Å². The highest BCUT2D eigenvalue weighted by Crippen LogP contribution is 2.08. The van der Waals surface area contributed by atoms with Crippen molar-refractivity contribution in [1.29, 1.82) is 0 Å². The molecule has 0 bridgehead atoms. The predicted octanol–water partition coefficient (Wildman–Crippen LogP) is 2.12. The van der Waals surface area contributed by atoms with E-state index in [0.29, 0.717) is 5.56 Å². The van der Waals surface area contributed by atoms with Crippen molar-refractivity contribution in [3.8, 4) is 0 Å². The fourth-order valence-corrected chi connectivity index (χ4v) is 0.953. The van der Waals surface area contributed by atoms with Crippen LogP contribution in [0.2, 0.25) is 0 Å². The summed E-state index contributed by atoms with van der Waals surface area (Å²) in [6.07, 6.45) is 0. The van der Waals surface area contributed by atoms with Crippen molar-refractivity contribution >= 4 is 5.97 Å². The normalized spacial score (nSPS) is 10.5. The standard InChI is InChI=1S/C9H8F2O3/c10-9(11)14-5-6-2-1-3-7(4-6)8(12)13/h1-4,9H,5H2,(H,12,13). The number of ether oxygens (including phenoxy) is 1. The second-order valence-electron chi connectivity index (χ2n) is 2.58. The molecule has 0 aromatic heterocycles. The molecule has 1 rings (SSSR count). The highest BCUT2D eigenvalue weighted by atomic mass is 19.3. The number of benzene rings is 1. The van der Waals surface area contributed by atoms with Crippen molar-refractivity contribution in [3.05, 3.63) is 35.4 Å². The minimum absolute atomic E-state index is 0.0559. The summed E-state index contributed by atoms with van der Waals surface area (Å²) in [5.74, 6) is -1.09. The van der Waals surface area contributed by atoms with Crippen LogP contribution < -0.4 is 0 Å². The molecule has 5 heteroatoms. The van der Waals surface area contributed by atoms with Gasteiger partial charge in [-0.2, -0.15) is 8.78 Å². The molecule has 0 unspecified atom stereocenters. The summed E-state index contributed by atoms with van der Waals surface area (Å²) < 4.78 is 27.3. The van der Waals surface area contributed by atoms with Gasteiger partial charge in [-0.15, -0.1) is 0 Å². The maximum Gasteiger partial charge on any atom is 0.345 e. The molecular formula is C9H8F2O3. The Balaban J connectivity index is 2.69. The third kappa shape index (κ3) is 3.10. The zero-order valence-electron chi connectivity index (χ0n) is 7.11. The van der Waals surface area contributed by atoms with Gasteiger partial charge in [-0.1, -0.05) is 12.1 Å². The van der Waals surface area contributed by atoms with E-state index in [0.717, 1.165) is 0 Å². The lowest BCUT2D eigenvalue weighted by molar-refractivity contribution is -0.137. The summed E-state index contributed by atoms with van der Waals surface area (Å²) in [5.41, 5.74) is 0.463. The van der Waals surface area contributed by atoms with Gasteiger partial charge in [0, 0.05) is 0 Å². The molecule has 1 N–H and O–H groups in total. The maximum atomic E-state index is 11.6.